The lowest BCUT2D eigenvalue weighted by atomic mass is 9.82. The van der Waals surface area contributed by atoms with E-state index in [4.69, 9.17) is 0 Å². The van der Waals surface area contributed by atoms with Gasteiger partial charge in [-0.05, 0) is 44.1 Å². The van der Waals surface area contributed by atoms with Crippen LogP contribution in [0.5, 0.6) is 0 Å². The molecular weight excluding hydrogens is 290 g/mol. The molecule has 1 saturated heterocycles. The maximum Gasteiger partial charge on any atom is 0.225 e. The molecule has 5 nitrogen and oxygen atoms in total. The third kappa shape index (κ3) is 3.94. The number of rotatable bonds is 4. The van der Waals surface area contributed by atoms with E-state index in [9.17, 15) is 9.90 Å². The summed E-state index contributed by atoms with van der Waals surface area (Å²) in [4.78, 5) is 14.5. The van der Waals surface area contributed by atoms with E-state index in [0.29, 0.717) is 12.3 Å². The molecule has 2 fully saturated rings. The molecule has 1 aliphatic heterocycles. The number of aliphatic hydroxyl groups is 1. The summed E-state index contributed by atoms with van der Waals surface area (Å²) in [6.07, 6.45) is 11.3. The van der Waals surface area contributed by atoms with Crippen LogP contribution >= 0.6 is 0 Å². The first-order valence-corrected chi connectivity index (χ1v) is 9.12. The van der Waals surface area contributed by atoms with Gasteiger partial charge in [0, 0.05) is 25.8 Å². The SMILES string of the molecule is CCn1cc(C2CCN(C(=O)CC3(O)CCCCC3)CC2)cn1. The van der Waals surface area contributed by atoms with Gasteiger partial charge in [-0.25, -0.2) is 0 Å². The molecule has 0 radical (unpaired) electrons. The zero-order valence-corrected chi connectivity index (χ0v) is 14.2. The van der Waals surface area contributed by atoms with E-state index in [1.54, 1.807) is 0 Å². The third-order valence-corrected chi connectivity index (χ3v) is 5.56. The monoisotopic (exact) mass is 319 g/mol. The molecule has 0 bridgehead atoms. The van der Waals surface area contributed by atoms with E-state index < -0.39 is 5.60 Å². The second kappa shape index (κ2) is 7.04. The summed E-state index contributed by atoms with van der Waals surface area (Å²) in [5.41, 5.74) is 0.555. The third-order valence-electron chi connectivity index (χ3n) is 5.56. The fourth-order valence-corrected chi connectivity index (χ4v) is 4.01. The molecule has 1 aromatic heterocycles. The van der Waals surface area contributed by atoms with Gasteiger partial charge in [-0.3, -0.25) is 9.48 Å². The van der Waals surface area contributed by atoms with E-state index in [2.05, 4.69) is 18.2 Å². The Morgan fingerprint density at radius 1 is 1.30 bits per heavy atom. The number of aromatic nitrogens is 2. The molecule has 1 saturated carbocycles. The average Bonchev–Trinajstić information content (AvgIpc) is 3.04. The van der Waals surface area contributed by atoms with Gasteiger partial charge in [0.15, 0.2) is 0 Å². The summed E-state index contributed by atoms with van der Waals surface area (Å²) in [7, 11) is 0. The van der Waals surface area contributed by atoms with Crippen LogP contribution in [0.15, 0.2) is 12.4 Å². The topological polar surface area (TPSA) is 58.4 Å². The first-order valence-electron chi connectivity index (χ1n) is 9.12. The summed E-state index contributed by atoms with van der Waals surface area (Å²) < 4.78 is 1.96. The minimum atomic E-state index is -0.742. The molecule has 1 amide bonds. The molecule has 0 aromatic carbocycles. The largest absolute Gasteiger partial charge is 0.389 e. The molecule has 2 aliphatic rings. The lowest BCUT2D eigenvalue weighted by Crippen LogP contribution is -2.43. The highest BCUT2D eigenvalue weighted by atomic mass is 16.3. The van der Waals surface area contributed by atoms with Crippen LogP contribution in [-0.4, -0.2) is 44.4 Å². The van der Waals surface area contributed by atoms with Gasteiger partial charge in [0.2, 0.25) is 5.91 Å². The van der Waals surface area contributed by atoms with Crippen molar-refractivity contribution in [3.63, 3.8) is 0 Å². The van der Waals surface area contributed by atoms with Crippen molar-refractivity contribution in [3.8, 4) is 0 Å². The Hall–Kier alpha value is -1.36. The molecule has 128 valence electrons. The van der Waals surface area contributed by atoms with Crippen LogP contribution in [0.4, 0.5) is 0 Å². The fraction of sp³-hybridized carbons (Fsp3) is 0.778. The Morgan fingerprint density at radius 2 is 2.00 bits per heavy atom. The Morgan fingerprint density at radius 3 is 2.61 bits per heavy atom. The number of likely N-dealkylation sites (tertiary alicyclic amines) is 1. The molecular formula is C18H29N3O2. The zero-order valence-electron chi connectivity index (χ0n) is 14.2. The van der Waals surface area contributed by atoms with Gasteiger partial charge in [-0.15, -0.1) is 0 Å². The molecule has 2 heterocycles. The number of nitrogens with zero attached hydrogens (tertiary/aromatic N) is 3. The maximum absolute atomic E-state index is 12.5. The Kier molecular flexibility index (Phi) is 5.05. The number of hydrogen-bond acceptors (Lipinski definition) is 3. The lowest BCUT2D eigenvalue weighted by Gasteiger charge is -2.36. The Balaban J connectivity index is 1.51. The molecule has 0 spiro atoms. The maximum atomic E-state index is 12.5. The van der Waals surface area contributed by atoms with Gasteiger partial charge in [0.05, 0.1) is 18.2 Å². The molecule has 1 aromatic rings. The molecule has 0 unspecified atom stereocenters. The average molecular weight is 319 g/mol. The van der Waals surface area contributed by atoms with Crippen LogP contribution in [0.3, 0.4) is 0 Å². The van der Waals surface area contributed by atoms with Gasteiger partial charge in [0.25, 0.3) is 0 Å². The van der Waals surface area contributed by atoms with Gasteiger partial charge >= 0.3 is 0 Å². The van der Waals surface area contributed by atoms with E-state index >= 15 is 0 Å². The van der Waals surface area contributed by atoms with Crippen molar-refractivity contribution in [1.29, 1.82) is 0 Å². The number of hydrogen-bond donors (Lipinski definition) is 1. The first-order chi connectivity index (χ1) is 11.1. The number of amides is 1. The second-order valence-corrected chi connectivity index (χ2v) is 7.25. The van der Waals surface area contributed by atoms with E-state index in [1.807, 2.05) is 15.8 Å². The van der Waals surface area contributed by atoms with E-state index in [-0.39, 0.29) is 5.91 Å². The normalized spacial score (nSPS) is 22.3. The molecule has 0 atom stereocenters. The Bertz CT molecular complexity index is 526. The summed E-state index contributed by atoms with van der Waals surface area (Å²) in [6, 6.07) is 0. The summed E-state index contributed by atoms with van der Waals surface area (Å²) in [5, 5.41) is 14.9. The second-order valence-electron chi connectivity index (χ2n) is 7.25. The van der Waals surface area contributed by atoms with Crippen molar-refractivity contribution in [3.05, 3.63) is 18.0 Å². The number of piperidine rings is 1. The molecule has 1 aliphatic carbocycles. The predicted molar refractivity (Wildman–Crippen MR) is 89.1 cm³/mol. The highest BCUT2D eigenvalue weighted by Gasteiger charge is 2.34. The Labute approximate surface area is 138 Å². The van der Waals surface area contributed by atoms with Crippen LogP contribution in [0.1, 0.15) is 69.8 Å². The van der Waals surface area contributed by atoms with Crippen LogP contribution in [0.2, 0.25) is 0 Å². The highest BCUT2D eigenvalue weighted by Crippen LogP contribution is 2.33. The predicted octanol–water partition coefficient (Wildman–Crippen LogP) is 2.69. The molecule has 5 heteroatoms. The first kappa shape index (κ1) is 16.5. The standard InChI is InChI=1S/C18H29N3O2/c1-2-21-14-16(13-19-21)15-6-10-20(11-7-15)17(22)12-18(23)8-4-3-5-9-18/h13-15,23H,2-12H2,1H3. The fourth-order valence-electron chi connectivity index (χ4n) is 4.01. The van der Waals surface area contributed by atoms with Crippen molar-refractivity contribution in [2.75, 3.05) is 13.1 Å². The molecule has 3 rings (SSSR count). The number of carbonyl (C=O) groups excluding carboxylic acids is 1. The van der Waals surface area contributed by atoms with Crippen molar-refractivity contribution >= 4 is 5.91 Å². The van der Waals surface area contributed by atoms with Crippen molar-refractivity contribution in [1.82, 2.24) is 14.7 Å². The van der Waals surface area contributed by atoms with Crippen LogP contribution in [0.25, 0.3) is 0 Å². The minimum absolute atomic E-state index is 0.136. The van der Waals surface area contributed by atoms with Gasteiger partial charge in [-0.1, -0.05) is 19.3 Å². The smallest absolute Gasteiger partial charge is 0.225 e. The van der Waals surface area contributed by atoms with Gasteiger partial charge in [0.1, 0.15) is 0 Å². The van der Waals surface area contributed by atoms with E-state index in [0.717, 1.165) is 58.2 Å². The molecule has 23 heavy (non-hydrogen) atoms. The quantitative estimate of drug-likeness (QED) is 0.928. The lowest BCUT2D eigenvalue weighted by molar-refractivity contribution is -0.138. The van der Waals surface area contributed by atoms with Gasteiger partial charge in [-0.2, -0.15) is 5.10 Å². The minimum Gasteiger partial charge on any atom is -0.389 e. The number of aryl methyl sites for hydroxylation is 1. The van der Waals surface area contributed by atoms with Crippen LogP contribution in [0, 0.1) is 0 Å². The summed E-state index contributed by atoms with van der Waals surface area (Å²) in [6.45, 7) is 4.59. The van der Waals surface area contributed by atoms with E-state index in [1.165, 1.54) is 12.0 Å². The van der Waals surface area contributed by atoms with Crippen molar-refractivity contribution < 1.29 is 9.90 Å². The van der Waals surface area contributed by atoms with Crippen molar-refractivity contribution in [2.45, 2.75) is 76.4 Å². The highest BCUT2D eigenvalue weighted by molar-refractivity contribution is 5.77. The number of carbonyl (C=O) groups is 1. The van der Waals surface area contributed by atoms with Crippen molar-refractivity contribution in [2.24, 2.45) is 0 Å². The summed E-state index contributed by atoms with van der Waals surface area (Å²) in [5.74, 6) is 0.647. The molecule has 1 N–H and O–H groups in total. The van der Waals surface area contributed by atoms with Crippen LogP contribution < -0.4 is 0 Å². The summed E-state index contributed by atoms with van der Waals surface area (Å²) >= 11 is 0. The van der Waals surface area contributed by atoms with Gasteiger partial charge < -0.3 is 10.0 Å². The van der Waals surface area contributed by atoms with Crippen LogP contribution in [-0.2, 0) is 11.3 Å². The zero-order chi connectivity index (χ0) is 16.3.